The Morgan fingerprint density at radius 2 is 2.36 bits per heavy atom. The summed E-state index contributed by atoms with van der Waals surface area (Å²) >= 11 is 1.51. The summed E-state index contributed by atoms with van der Waals surface area (Å²) in [7, 11) is 0. The molecule has 0 aromatic carbocycles. The van der Waals surface area contributed by atoms with E-state index in [9.17, 15) is 9.90 Å². The smallest absolute Gasteiger partial charge is 0.274 e. The average molecular weight is 360 g/mol. The second kappa shape index (κ2) is 6.99. The van der Waals surface area contributed by atoms with Gasteiger partial charge in [-0.3, -0.25) is 14.1 Å². The lowest BCUT2D eigenvalue weighted by molar-refractivity contribution is 0.0391. The zero-order valence-electron chi connectivity index (χ0n) is 13.7. The first-order valence-corrected chi connectivity index (χ1v) is 9.20. The molecule has 4 rings (SSSR count). The summed E-state index contributed by atoms with van der Waals surface area (Å²) in [6.45, 7) is 2.90. The van der Waals surface area contributed by atoms with Crippen LogP contribution in [0, 0.1) is 0 Å². The number of aromatic nitrogens is 2. The van der Waals surface area contributed by atoms with E-state index in [1.807, 2.05) is 26.9 Å². The highest BCUT2D eigenvalue weighted by molar-refractivity contribution is 7.15. The topological polar surface area (TPSA) is 74.2 Å². The predicted octanol–water partition coefficient (Wildman–Crippen LogP) is 1.70. The van der Waals surface area contributed by atoms with Gasteiger partial charge in [-0.25, -0.2) is 4.98 Å². The Hall–Kier alpha value is -2.16. The van der Waals surface area contributed by atoms with E-state index in [2.05, 4.69) is 9.88 Å². The molecule has 1 unspecified atom stereocenters. The van der Waals surface area contributed by atoms with E-state index in [-0.39, 0.29) is 18.6 Å². The van der Waals surface area contributed by atoms with Crippen LogP contribution in [0.2, 0.25) is 0 Å². The minimum Gasteiger partial charge on any atom is -0.472 e. The Balaban J connectivity index is 1.46. The number of piperazine rings is 1. The molecule has 25 heavy (non-hydrogen) atoms. The maximum atomic E-state index is 12.8. The molecule has 1 aliphatic rings. The fourth-order valence-electron chi connectivity index (χ4n) is 3.32. The fourth-order valence-corrected chi connectivity index (χ4v) is 4.02. The van der Waals surface area contributed by atoms with Crippen LogP contribution in [0.15, 0.2) is 40.8 Å². The molecule has 3 aromatic heterocycles. The number of fused-ring (bicyclic) bond motifs is 1. The maximum Gasteiger partial charge on any atom is 0.274 e. The van der Waals surface area contributed by atoms with Crippen LogP contribution in [0.25, 0.3) is 4.96 Å². The van der Waals surface area contributed by atoms with Crippen LogP contribution in [0.3, 0.4) is 0 Å². The molecule has 0 radical (unpaired) electrons. The Labute approximate surface area is 149 Å². The van der Waals surface area contributed by atoms with E-state index < -0.39 is 0 Å². The SMILES string of the molecule is O=C(c1cn2ccsc2n1)N1CCN(Cc2ccoc2)C(CCO)C1. The summed E-state index contributed by atoms with van der Waals surface area (Å²) in [6, 6.07) is 2.08. The number of carbonyl (C=O) groups is 1. The molecule has 1 N–H and O–H groups in total. The van der Waals surface area contributed by atoms with E-state index in [0.29, 0.717) is 25.2 Å². The summed E-state index contributed by atoms with van der Waals surface area (Å²) in [4.78, 5) is 22.2. The molecule has 0 aliphatic carbocycles. The van der Waals surface area contributed by atoms with Gasteiger partial charge in [-0.1, -0.05) is 0 Å². The molecule has 0 bridgehead atoms. The van der Waals surface area contributed by atoms with Crippen molar-refractivity contribution < 1.29 is 14.3 Å². The Morgan fingerprint density at radius 3 is 3.12 bits per heavy atom. The van der Waals surface area contributed by atoms with Crippen LogP contribution >= 0.6 is 11.3 Å². The lowest BCUT2D eigenvalue weighted by Gasteiger charge is -2.41. The van der Waals surface area contributed by atoms with Gasteiger partial charge in [0, 0.05) is 62.2 Å². The minimum atomic E-state index is -0.0400. The zero-order chi connectivity index (χ0) is 17.2. The van der Waals surface area contributed by atoms with Crippen LogP contribution in [-0.2, 0) is 6.54 Å². The fraction of sp³-hybridized carbons (Fsp3) is 0.412. The number of aliphatic hydroxyl groups is 1. The molecular formula is C17H20N4O3S. The standard InChI is InChI=1S/C17H20N4O3S/c22-6-1-14-10-20(4-3-19(14)9-13-2-7-24-12-13)16(23)15-11-21-5-8-25-17(21)18-15/h2,5,7-8,11-12,14,22H,1,3-4,6,9-10H2. The van der Waals surface area contributed by atoms with Crippen molar-refractivity contribution in [3.63, 3.8) is 0 Å². The van der Waals surface area contributed by atoms with Crippen LogP contribution in [0.5, 0.6) is 0 Å². The van der Waals surface area contributed by atoms with E-state index >= 15 is 0 Å². The van der Waals surface area contributed by atoms with Gasteiger partial charge in [0.1, 0.15) is 5.69 Å². The number of thiazole rings is 1. The number of hydrogen-bond donors (Lipinski definition) is 1. The predicted molar refractivity (Wildman–Crippen MR) is 93.6 cm³/mol. The quantitative estimate of drug-likeness (QED) is 0.750. The molecule has 132 valence electrons. The first-order chi connectivity index (χ1) is 12.2. The highest BCUT2D eigenvalue weighted by Gasteiger charge is 2.30. The lowest BCUT2D eigenvalue weighted by Crippen LogP contribution is -2.54. The Morgan fingerprint density at radius 1 is 1.44 bits per heavy atom. The molecule has 4 heterocycles. The van der Waals surface area contributed by atoms with Gasteiger partial charge in [-0.05, 0) is 12.5 Å². The highest BCUT2D eigenvalue weighted by Crippen LogP contribution is 2.19. The largest absolute Gasteiger partial charge is 0.472 e. The number of aliphatic hydroxyl groups excluding tert-OH is 1. The molecule has 8 heteroatoms. The Kier molecular flexibility index (Phi) is 4.56. The summed E-state index contributed by atoms with van der Waals surface area (Å²) in [6.07, 6.45) is 7.74. The van der Waals surface area contributed by atoms with Gasteiger partial charge in [-0.15, -0.1) is 11.3 Å². The van der Waals surface area contributed by atoms with Gasteiger partial charge >= 0.3 is 0 Å². The number of rotatable bonds is 5. The minimum absolute atomic E-state index is 0.0400. The van der Waals surface area contributed by atoms with Crippen LogP contribution in [-0.4, -0.2) is 62.5 Å². The van der Waals surface area contributed by atoms with Gasteiger partial charge in [0.25, 0.3) is 5.91 Å². The monoisotopic (exact) mass is 360 g/mol. The van der Waals surface area contributed by atoms with Gasteiger partial charge in [-0.2, -0.15) is 0 Å². The maximum absolute atomic E-state index is 12.8. The second-order valence-electron chi connectivity index (χ2n) is 6.24. The third kappa shape index (κ3) is 3.33. The third-order valence-electron chi connectivity index (χ3n) is 4.63. The molecular weight excluding hydrogens is 340 g/mol. The van der Waals surface area contributed by atoms with Crippen molar-refractivity contribution in [3.8, 4) is 0 Å². The number of hydrogen-bond acceptors (Lipinski definition) is 6. The van der Waals surface area contributed by atoms with Crippen LogP contribution in [0.4, 0.5) is 0 Å². The molecule has 3 aromatic rings. The third-order valence-corrected chi connectivity index (χ3v) is 5.40. The van der Waals surface area contributed by atoms with Crippen molar-refractivity contribution in [1.29, 1.82) is 0 Å². The van der Waals surface area contributed by atoms with Crippen molar-refractivity contribution in [1.82, 2.24) is 19.2 Å². The summed E-state index contributed by atoms with van der Waals surface area (Å²) in [5.41, 5.74) is 1.59. The van der Waals surface area contributed by atoms with Gasteiger partial charge in [0.2, 0.25) is 0 Å². The number of amides is 1. The number of furan rings is 1. The Bertz CT molecular complexity index is 813. The first-order valence-electron chi connectivity index (χ1n) is 8.32. The normalized spacial score (nSPS) is 18.9. The van der Waals surface area contributed by atoms with Crippen LogP contribution in [0.1, 0.15) is 22.5 Å². The van der Waals surface area contributed by atoms with E-state index in [4.69, 9.17) is 4.42 Å². The number of carbonyl (C=O) groups excluding carboxylic acids is 1. The molecule has 7 nitrogen and oxygen atoms in total. The van der Waals surface area contributed by atoms with Gasteiger partial charge in [0.05, 0.1) is 12.5 Å². The van der Waals surface area contributed by atoms with E-state index in [0.717, 1.165) is 23.6 Å². The summed E-state index contributed by atoms with van der Waals surface area (Å²) in [5.74, 6) is -0.0400. The molecule has 0 saturated carbocycles. The molecule has 0 spiro atoms. The van der Waals surface area contributed by atoms with Crippen molar-refractivity contribution in [2.24, 2.45) is 0 Å². The van der Waals surface area contributed by atoms with Gasteiger partial charge < -0.3 is 14.4 Å². The lowest BCUT2D eigenvalue weighted by atomic mass is 10.1. The van der Waals surface area contributed by atoms with Crippen molar-refractivity contribution in [2.75, 3.05) is 26.2 Å². The van der Waals surface area contributed by atoms with Gasteiger partial charge in [0.15, 0.2) is 4.96 Å². The zero-order valence-corrected chi connectivity index (χ0v) is 14.6. The highest BCUT2D eigenvalue weighted by atomic mass is 32.1. The summed E-state index contributed by atoms with van der Waals surface area (Å²) in [5, 5.41) is 11.4. The average Bonchev–Trinajstić information content (AvgIpc) is 3.33. The molecule has 1 aliphatic heterocycles. The molecule has 1 saturated heterocycles. The summed E-state index contributed by atoms with van der Waals surface area (Å²) < 4.78 is 7.01. The van der Waals surface area contributed by atoms with Crippen molar-refractivity contribution in [2.45, 2.75) is 19.0 Å². The number of nitrogens with zero attached hydrogens (tertiary/aromatic N) is 4. The second-order valence-corrected chi connectivity index (χ2v) is 7.11. The first kappa shape index (κ1) is 16.3. The molecule has 1 amide bonds. The van der Waals surface area contributed by atoms with Crippen LogP contribution < -0.4 is 0 Å². The molecule has 1 atom stereocenters. The van der Waals surface area contributed by atoms with Crippen molar-refractivity contribution in [3.05, 3.63) is 47.6 Å². The van der Waals surface area contributed by atoms with Crippen molar-refractivity contribution >= 4 is 22.2 Å². The number of imidazole rings is 1. The van der Waals surface area contributed by atoms with E-state index in [1.165, 1.54) is 11.3 Å². The van der Waals surface area contributed by atoms with E-state index in [1.54, 1.807) is 18.7 Å². The molecule has 1 fully saturated rings.